The molecule has 0 spiro atoms. The van der Waals surface area contributed by atoms with E-state index in [-0.39, 0.29) is 12.8 Å². The van der Waals surface area contributed by atoms with Gasteiger partial charge in [-0.3, -0.25) is 4.79 Å². The Morgan fingerprint density at radius 1 is 1.33 bits per heavy atom. The molecule has 0 bridgehead atoms. The zero-order chi connectivity index (χ0) is 15.7. The van der Waals surface area contributed by atoms with Crippen LogP contribution in [0.5, 0.6) is 0 Å². The molecule has 4 nitrogen and oxygen atoms in total. The number of alkyl halides is 2. The third-order valence-electron chi connectivity index (χ3n) is 3.76. The molecule has 0 aliphatic heterocycles. The monoisotopic (exact) mass is 303 g/mol. The Balaban J connectivity index is 1.93. The van der Waals surface area contributed by atoms with Gasteiger partial charge in [0.15, 0.2) is 0 Å². The van der Waals surface area contributed by atoms with Gasteiger partial charge in [0.1, 0.15) is 11.4 Å². The molecule has 0 saturated heterocycles. The minimum atomic E-state index is -3.90. The van der Waals surface area contributed by atoms with Crippen LogP contribution >= 0.6 is 0 Å². The number of rotatable bonds is 5. The standard InChI is InChI=1S/C14H16F3NO3/c15-10-4-2-9(3-5-10)11(19)8-18-12(20)14(16,17)13(21)6-1-7-13/h2-5,11,19,21H,1,6-8H2,(H,18,20). The fourth-order valence-corrected chi connectivity index (χ4v) is 2.14. The van der Waals surface area contributed by atoms with Crippen LogP contribution in [-0.2, 0) is 4.79 Å². The van der Waals surface area contributed by atoms with Gasteiger partial charge in [0, 0.05) is 6.54 Å². The second kappa shape index (κ2) is 5.65. The van der Waals surface area contributed by atoms with Crippen LogP contribution < -0.4 is 5.32 Å². The lowest BCUT2D eigenvalue weighted by atomic mass is 9.75. The van der Waals surface area contributed by atoms with E-state index in [0.29, 0.717) is 12.0 Å². The molecule has 1 aliphatic rings. The van der Waals surface area contributed by atoms with Crippen LogP contribution in [0.1, 0.15) is 30.9 Å². The maximum Gasteiger partial charge on any atom is 0.352 e. The molecule has 0 heterocycles. The van der Waals surface area contributed by atoms with Crippen molar-refractivity contribution in [2.45, 2.75) is 36.9 Å². The Kier molecular flexibility index (Phi) is 4.25. The molecule has 1 aromatic rings. The van der Waals surface area contributed by atoms with Gasteiger partial charge < -0.3 is 15.5 Å². The maximum atomic E-state index is 13.8. The molecule has 1 aromatic carbocycles. The van der Waals surface area contributed by atoms with Gasteiger partial charge in [-0.1, -0.05) is 12.1 Å². The third-order valence-corrected chi connectivity index (χ3v) is 3.76. The maximum absolute atomic E-state index is 13.8. The van der Waals surface area contributed by atoms with Crippen molar-refractivity contribution in [2.24, 2.45) is 0 Å². The van der Waals surface area contributed by atoms with E-state index in [4.69, 9.17) is 0 Å². The number of nitrogens with one attached hydrogen (secondary N) is 1. The molecule has 3 N–H and O–H groups in total. The van der Waals surface area contributed by atoms with Crippen LogP contribution in [0.3, 0.4) is 0 Å². The van der Waals surface area contributed by atoms with Crippen molar-refractivity contribution in [3.63, 3.8) is 0 Å². The van der Waals surface area contributed by atoms with E-state index < -0.39 is 35.9 Å². The van der Waals surface area contributed by atoms with Crippen molar-refractivity contribution in [1.82, 2.24) is 5.32 Å². The van der Waals surface area contributed by atoms with Gasteiger partial charge in [-0.25, -0.2) is 4.39 Å². The summed E-state index contributed by atoms with van der Waals surface area (Å²) in [7, 11) is 0. The van der Waals surface area contributed by atoms with E-state index in [2.05, 4.69) is 0 Å². The summed E-state index contributed by atoms with van der Waals surface area (Å²) in [4.78, 5) is 11.5. The summed E-state index contributed by atoms with van der Waals surface area (Å²) in [5, 5.41) is 21.3. The van der Waals surface area contributed by atoms with E-state index in [1.807, 2.05) is 5.32 Å². The van der Waals surface area contributed by atoms with E-state index in [1.165, 1.54) is 12.1 Å². The molecule has 21 heavy (non-hydrogen) atoms. The molecule has 0 aromatic heterocycles. The Labute approximate surface area is 119 Å². The molecule has 1 saturated carbocycles. The predicted molar refractivity (Wildman–Crippen MR) is 68.1 cm³/mol. The van der Waals surface area contributed by atoms with Crippen molar-refractivity contribution >= 4 is 5.91 Å². The molecule has 1 atom stereocenters. The lowest BCUT2D eigenvalue weighted by Crippen LogP contribution is -2.60. The molecule has 116 valence electrons. The zero-order valence-corrected chi connectivity index (χ0v) is 11.2. The number of carbonyl (C=O) groups excluding carboxylic acids is 1. The van der Waals surface area contributed by atoms with Crippen LogP contribution in [0.25, 0.3) is 0 Å². The van der Waals surface area contributed by atoms with Crippen molar-refractivity contribution in [3.8, 4) is 0 Å². The topological polar surface area (TPSA) is 69.6 Å². The molecule has 1 amide bonds. The van der Waals surface area contributed by atoms with E-state index in [1.54, 1.807) is 0 Å². The van der Waals surface area contributed by atoms with E-state index >= 15 is 0 Å². The third kappa shape index (κ3) is 3.03. The summed E-state index contributed by atoms with van der Waals surface area (Å²) in [5.74, 6) is -6.01. The number of benzene rings is 1. The Bertz CT molecular complexity index is 515. The summed E-state index contributed by atoms with van der Waals surface area (Å²) in [6, 6.07) is 4.83. The number of aliphatic hydroxyl groups excluding tert-OH is 1. The SMILES string of the molecule is O=C(NCC(O)c1ccc(F)cc1)C(F)(F)C1(O)CCC1. The van der Waals surface area contributed by atoms with Crippen molar-refractivity contribution < 1.29 is 28.2 Å². The summed E-state index contributed by atoms with van der Waals surface area (Å²) in [6.07, 6.45) is -1.05. The zero-order valence-electron chi connectivity index (χ0n) is 11.2. The fourth-order valence-electron chi connectivity index (χ4n) is 2.14. The Morgan fingerprint density at radius 2 is 1.90 bits per heavy atom. The minimum absolute atomic E-state index is 0.131. The molecular formula is C14H16F3NO3. The first-order chi connectivity index (χ1) is 9.76. The highest BCUT2D eigenvalue weighted by Gasteiger charge is 2.61. The quantitative estimate of drug-likeness (QED) is 0.772. The highest BCUT2D eigenvalue weighted by Crippen LogP contribution is 2.44. The summed E-state index contributed by atoms with van der Waals surface area (Å²) in [5.41, 5.74) is -2.00. The van der Waals surface area contributed by atoms with Gasteiger partial charge >= 0.3 is 5.92 Å². The molecule has 1 fully saturated rings. The molecule has 0 radical (unpaired) electrons. The lowest BCUT2D eigenvalue weighted by Gasteiger charge is -2.41. The van der Waals surface area contributed by atoms with Crippen molar-refractivity contribution in [1.29, 1.82) is 0 Å². The molecular weight excluding hydrogens is 287 g/mol. The summed E-state index contributed by atoms with van der Waals surface area (Å²) in [6.45, 7) is -0.448. The largest absolute Gasteiger partial charge is 0.387 e. The molecule has 2 rings (SSSR count). The first kappa shape index (κ1) is 15.8. The van der Waals surface area contributed by atoms with Gasteiger partial charge in [0.25, 0.3) is 5.91 Å². The van der Waals surface area contributed by atoms with Crippen LogP contribution in [0.4, 0.5) is 13.2 Å². The van der Waals surface area contributed by atoms with Crippen LogP contribution in [0.2, 0.25) is 0 Å². The number of amides is 1. The minimum Gasteiger partial charge on any atom is -0.387 e. The van der Waals surface area contributed by atoms with Gasteiger partial charge in [0.2, 0.25) is 0 Å². The van der Waals surface area contributed by atoms with Gasteiger partial charge in [0.05, 0.1) is 6.10 Å². The summed E-state index contributed by atoms with van der Waals surface area (Å²) >= 11 is 0. The average molecular weight is 303 g/mol. The Morgan fingerprint density at radius 3 is 2.38 bits per heavy atom. The fraction of sp³-hybridized carbons (Fsp3) is 0.500. The van der Waals surface area contributed by atoms with Gasteiger partial charge in [-0.15, -0.1) is 0 Å². The smallest absolute Gasteiger partial charge is 0.352 e. The number of hydrogen-bond donors (Lipinski definition) is 3. The second-order valence-electron chi connectivity index (χ2n) is 5.24. The van der Waals surface area contributed by atoms with Gasteiger partial charge in [-0.2, -0.15) is 8.78 Å². The van der Waals surface area contributed by atoms with Crippen LogP contribution in [0.15, 0.2) is 24.3 Å². The van der Waals surface area contributed by atoms with Crippen LogP contribution in [0, 0.1) is 5.82 Å². The van der Waals surface area contributed by atoms with Crippen molar-refractivity contribution in [2.75, 3.05) is 6.54 Å². The first-order valence-corrected chi connectivity index (χ1v) is 6.58. The highest BCUT2D eigenvalue weighted by atomic mass is 19.3. The number of hydrogen-bond acceptors (Lipinski definition) is 3. The normalized spacial score (nSPS) is 18.7. The number of halogens is 3. The average Bonchev–Trinajstić information content (AvgIpc) is 2.42. The molecule has 1 unspecified atom stereocenters. The van der Waals surface area contributed by atoms with E-state index in [0.717, 1.165) is 12.1 Å². The number of aliphatic hydroxyl groups is 2. The van der Waals surface area contributed by atoms with Gasteiger partial charge in [-0.05, 0) is 37.0 Å². The van der Waals surface area contributed by atoms with Crippen molar-refractivity contribution in [3.05, 3.63) is 35.6 Å². The van der Waals surface area contributed by atoms with E-state index in [9.17, 15) is 28.2 Å². The van der Waals surface area contributed by atoms with Crippen LogP contribution in [-0.4, -0.2) is 34.2 Å². The second-order valence-corrected chi connectivity index (χ2v) is 5.24. The molecule has 7 heteroatoms. The number of carbonyl (C=O) groups is 1. The molecule has 1 aliphatic carbocycles. The lowest BCUT2D eigenvalue weighted by molar-refractivity contribution is -0.216. The highest BCUT2D eigenvalue weighted by molar-refractivity contribution is 5.85. The Hall–Kier alpha value is -1.60. The summed E-state index contributed by atoms with van der Waals surface area (Å²) < 4.78 is 40.2. The predicted octanol–water partition coefficient (Wildman–Crippen LogP) is 1.53. The first-order valence-electron chi connectivity index (χ1n) is 6.58.